The second-order valence-corrected chi connectivity index (χ2v) is 7.05. The molecule has 124 valence electrons. The zero-order valence-corrected chi connectivity index (χ0v) is 14.9. The number of aromatic nitrogens is 4. The van der Waals surface area contributed by atoms with Crippen molar-refractivity contribution in [3.05, 3.63) is 47.4 Å². The number of carbonyl (C=O) groups is 1. The first kappa shape index (κ1) is 16.4. The van der Waals surface area contributed by atoms with Gasteiger partial charge in [-0.25, -0.2) is 4.98 Å². The van der Waals surface area contributed by atoms with E-state index in [1.165, 1.54) is 11.8 Å². The van der Waals surface area contributed by atoms with Crippen LogP contribution < -0.4 is 5.32 Å². The van der Waals surface area contributed by atoms with Crippen molar-refractivity contribution in [3.8, 4) is 0 Å². The quantitative estimate of drug-likeness (QED) is 0.738. The molecule has 1 unspecified atom stereocenters. The number of hydrogen-bond acceptors (Lipinski definition) is 5. The standard InChI is InChI=1S/C17H19N5OS/c1-10-6-5-7-14(8-10)19-16(23)12(3)24-17-21-20-15-9-11(2)18-13(4)22(15)17/h5-9,12H,1-4H3,(H,19,23). The SMILES string of the molecule is Cc1cccc(NC(=O)C(C)Sc2nnc3cc(C)nc(C)n23)c1. The molecule has 2 heterocycles. The molecule has 6 nitrogen and oxygen atoms in total. The summed E-state index contributed by atoms with van der Waals surface area (Å²) in [5.74, 6) is 0.740. The lowest BCUT2D eigenvalue weighted by molar-refractivity contribution is -0.115. The van der Waals surface area contributed by atoms with Crippen molar-refractivity contribution in [2.75, 3.05) is 5.32 Å². The number of fused-ring (bicyclic) bond motifs is 1. The van der Waals surface area contributed by atoms with Crippen LogP contribution in [0.5, 0.6) is 0 Å². The first-order valence-corrected chi connectivity index (χ1v) is 8.55. The molecule has 1 aromatic carbocycles. The molecule has 24 heavy (non-hydrogen) atoms. The summed E-state index contributed by atoms with van der Waals surface area (Å²) in [4.78, 5) is 16.9. The van der Waals surface area contributed by atoms with E-state index in [1.54, 1.807) is 0 Å². The lowest BCUT2D eigenvalue weighted by atomic mass is 10.2. The van der Waals surface area contributed by atoms with Gasteiger partial charge >= 0.3 is 0 Å². The molecule has 0 aliphatic rings. The van der Waals surface area contributed by atoms with E-state index in [0.29, 0.717) is 5.16 Å². The Kier molecular flexibility index (Phi) is 4.53. The van der Waals surface area contributed by atoms with Crippen molar-refractivity contribution >= 4 is 29.0 Å². The summed E-state index contributed by atoms with van der Waals surface area (Å²) in [6, 6.07) is 9.62. The van der Waals surface area contributed by atoms with E-state index in [-0.39, 0.29) is 11.2 Å². The average Bonchev–Trinajstić information content (AvgIpc) is 2.90. The van der Waals surface area contributed by atoms with Crippen LogP contribution in [0.15, 0.2) is 35.5 Å². The molecular weight excluding hydrogens is 322 g/mol. The van der Waals surface area contributed by atoms with Crippen LogP contribution >= 0.6 is 11.8 Å². The number of nitrogens with one attached hydrogen (secondary N) is 1. The number of carbonyl (C=O) groups excluding carboxylic acids is 1. The zero-order chi connectivity index (χ0) is 17.3. The Morgan fingerprint density at radius 3 is 2.75 bits per heavy atom. The van der Waals surface area contributed by atoms with Crippen LogP contribution in [0.3, 0.4) is 0 Å². The van der Waals surface area contributed by atoms with E-state index in [2.05, 4.69) is 20.5 Å². The van der Waals surface area contributed by atoms with Crippen molar-refractivity contribution < 1.29 is 4.79 Å². The van der Waals surface area contributed by atoms with Crippen LogP contribution in [0.2, 0.25) is 0 Å². The summed E-state index contributed by atoms with van der Waals surface area (Å²) in [5.41, 5.74) is 3.55. The molecule has 2 aromatic heterocycles. The molecule has 0 spiro atoms. The van der Waals surface area contributed by atoms with Crippen LogP contribution in [-0.4, -0.2) is 30.7 Å². The fourth-order valence-electron chi connectivity index (χ4n) is 2.46. The van der Waals surface area contributed by atoms with E-state index >= 15 is 0 Å². The van der Waals surface area contributed by atoms with Gasteiger partial charge in [0.25, 0.3) is 0 Å². The van der Waals surface area contributed by atoms with Gasteiger partial charge in [0.15, 0.2) is 10.8 Å². The average molecular weight is 341 g/mol. The maximum Gasteiger partial charge on any atom is 0.237 e. The molecule has 0 radical (unpaired) electrons. The third-order valence-corrected chi connectivity index (χ3v) is 4.64. The van der Waals surface area contributed by atoms with E-state index < -0.39 is 0 Å². The van der Waals surface area contributed by atoms with Gasteiger partial charge in [0, 0.05) is 17.4 Å². The highest BCUT2D eigenvalue weighted by Gasteiger charge is 2.19. The molecule has 0 fully saturated rings. The van der Waals surface area contributed by atoms with E-state index in [4.69, 9.17) is 0 Å². The van der Waals surface area contributed by atoms with Gasteiger partial charge in [0.2, 0.25) is 5.91 Å². The summed E-state index contributed by atoms with van der Waals surface area (Å²) in [5, 5.41) is 11.7. The molecule has 7 heteroatoms. The van der Waals surface area contributed by atoms with Gasteiger partial charge in [-0.05, 0) is 45.4 Å². The Labute approximate surface area is 144 Å². The number of rotatable bonds is 4. The van der Waals surface area contributed by atoms with E-state index in [1.807, 2.05) is 62.4 Å². The largest absolute Gasteiger partial charge is 0.325 e. The highest BCUT2D eigenvalue weighted by atomic mass is 32.2. The van der Waals surface area contributed by atoms with Crippen LogP contribution in [0.25, 0.3) is 5.65 Å². The summed E-state index contributed by atoms with van der Waals surface area (Å²) < 4.78 is 1.87. The topological polar surface area (TPSA) is 72.2 Å². The molecule has 0 aliphatic carbocycles. The predicted molar refractivity (Wildman–Crippen MR) is 95.4 cm³/mol. The van der Waals surface area contributed by atoms with Crippen molar-refractivity contribution in [1.82, 2.24) is 19.6 Å². The second kappa shape index (κ2) is 6.60. The molecule has 1 atom stereocenters. The van der Waals surface area contributed by atoms with Gasteiger partial charge in [-0.2, -0.15) is 0 Å². The zero-order valence-electron chi connectivity index (χ0n) is 14.1. The maximum atomic E-state index is 12.4. The van der Waals surface area contributed by atoms with E-state index in [9.17, 15) is 4.79 Å². The van der Waals surface area contributed by atoms with Gasteiger partial charge in [-0.3, -0.25) is 9.20 Å². The highest BCUT2D eigenvalue weighted by Crippen LogP contribution is 2.24. The number of anilines is 1. The minimum Gasteiger partial charge on any atom is -0.325 e. The summed E-state index contributed by atoms with van der Waals surface area (Å²) in [6.07, 6.45) is 0. The lowest BCUT2D eigenvalue weighted by Crippen LogP contribution is -2.22. The number of nitrogens with zero attached hydrogens (tertiary/aromatic N) is 4. The molecule has 0 aliphatic heterocycles. The number of hydrogen-bond donors (Lipinski definition) is 1. The summed E-state index contributed by atoms with van der Waals surface area (Å²) in [7, 11) is 0. The lowest BCUT2D eigenvalue weighted by Gasteiger charge is -2.12. The van der Waals surface area contributed by atoms with Gasteiger partial charge in [-0.15, -0.1) is 10.2 Å². The minimum atomic E-state index is -0.307. The fourth-order valence-corrected chi connectivity index (χ4v) is 3.36. The predicted octanol–water partition coefficient (Wildman–Crippen LogP) is 3.17. The number of amides is 1. The molecule has 0 bridgehead atoms. The van der Waals surface area contributed by atoms with Gasteiger partial charge in [0.1, 0.15) is 5.82 Å². The van der Waals surface area contributed by atoms with Gasteiger partial charge in [-0.1, -0.05) is 23.9 Å². The number of thioether (sulfide) groups is 1. The first-order chi connectivity index (χ1) is 11.4. The summed E-state index contributed by atoms with van der Waals surface area (Å²) in [6.45, 7) is 7.68. The maximum absolute atomic E-state index is 12.4. The molecule has 0 saturated carbocycles. The van der Waals surface area contributed by atoms with Gasteiger partial charge in [0.05, 0.1) is 5.25 Å². The smallest absolute Gasteiger partial charge is 0.237 e. The van der Waals surface area contributed by atoms with Crippen molar-refractivity contribution in [2.45, 2.75) is 38.1 Å². The van der Waals surface area contributed by atoms with Crippen molar-refractivity contribution in [3.63, 3.8) is 0 Å². The Bertz CT molecular complexity index is 905. The van der Waals surface area contributed by atoms with Gasteiger partial charge < -0.3 is 5.32 Å². The minimum absolute atomic E-state index is 0.0694. The monoisotopic (exact) mass is 341 g/mol. The number of aryl methyl sites for hydroxylation is 3. The van der Waals surface area contributed by atoms with Crippen LogP contribution in [0.4, 0.5) is 5.69 Å². The third-order valence-electron chi connectivity index (χ3n) is 3.60. The molecule has 3 aromatic rings. The molecular formula is C17H19N5OS. The Morgan fingerprint density at radius 2 is 2.00 bits per heavy atom. The highest BCUT2D eigenvalue weighted by molar-refractivity contribution is 8.00. The van der Waals surface area contributed by atoms with Crippen molar-refractivity contribution in [2.24, 2.45) is 0 Å². The first-order valence-electron chi connectivity index (χ1n) is 7.67. The second-order valence-electron chi connectivity index (χ2n) is 5.74. The molecule has 1 N–H and O–H groups in total. The molecule has 1 amide bonds. The molecule has 0 saturated heterocycles. The van der Waals surface area contributed by atoms with Crippen LogP contribution in [0.1, 0.15) is 24.0 Å². The fraction of sp³-hybridized carbons (Fsp3) is 0.294. The molecule has 3 rings (SSSR count). The Morgan fingerprint density at radius 1 is 1.21 bits per heavy atom. The van der Waals surface area contributed by atoms with Crippen molar-refractivity contribution in [1.29, 1.82) is 0 Å². The Hall–Kier alpha value is -2.41. The van der Waals surface area contributed by atoms with E-state index in [0.717, 1.165) is 28.4 Å². The van der Waals surface area contributed by atoms with Crippen LogP contribution in [0, 0.1) is 20.8 Å². The van der Waals surface area contributed by atoms with Crippen LogP contribution in [-0.2, 0) is 4.79 Å². The summed E-state index contributed by atoms with van der Waals surface area (Å²) >= 11 is 1.37. The Balaban J connectivity index is 1.77. The normalized spacial score (nSPS) is 12.3. The third kappa shape index (κ3) is 3.41. The number of benzene rings is 1.